The zero-order valence-electron chi connectivity index (χ0n) is 19.0. The SMILES string of the molecule is C=C[C@H](CNC(CC(C)C)C(=O)OC)NC(=O)OCC1c2ccccc2-c2ccccc21. The van der Waals surface area contributed by atoms with E-state index < -0.39 is 12.1 Å². The number of carbonyl (C=O) groups is 2. The van der Waals surface area contributed by atoms with E-state index in [2.05, 4.69) is 41.5 Å². The summed E-state index contributed by atoms with van der Waals surface area (Å²) in [7, 11) is 1.37. The van der Waals surface area contributed by atoms with Crippen LogP contribution in [-0.2, 0) is 14.3 Å². The van der Waals surface area contributed by atoms with Gasteiger partial charge in [0.25, 0.3) is 0 Å². The molecule has 6 heteroatoms. The van der Waals surface area contributed by atoms with E-state index in [1.807, 2.05) is 38.1 Å². The Morgan fingerprint density at radius 2 is 1.66 bits per heavy atom. The summed E-state index contributed by atoms with van der Waals surface area (Å²) in [5.41, 5.74) is 4.70. The van der Waals surface area contributed by atoms with Crippen LogP contribution in [-0.4, -0.2) is 44.4 Å². The van der Waals surface area contributed by atoms with Gasteiger partial charge in [-0.05, 0) is 34.6 Å². The fourth-order valence-corrected chi connectivity index (χ4v) is 4.13. The third-order valence-corrected chi connectivity index (χ3v) is 5.71. The second-order valence-corrected chi connectivity index (χ2v) is 8.43. The Labute approximate surface area is 190 Å². The summed E-state index contributed by atoms with van der Waals surface area (Å²) in [4.78, 5) is 24.5. The van der Waals surface area contributed by atoms with Crippen molar-refractivity contribution >= 4 is 12.1 Å². The van der Waals surface area contributed by atoms with Crippen LogP contribution >= 0.6 is 0 Å². The number of methoxy groups -OCH3 is 1. The maximum atomic E-state index is 12.5. The lowest BCUT2D eigenvalue weighted by Crippen LogP contribution is -2.47. The topological polar surface area (TPSA) is 76.7 Å². The number of alkyl carbamates (subject to hydrolysis) is 1. The molecule has 0 fully saturated rings. The zero-order valence-corrected chi connectivity index (χ0v) is 19.0. The fourth-order valence-electron chi connectivity index (χ4n) is 4.13. The number of esters is 1. The van der Waals surface area contributed by atoms with Gasteiger partial charge in [-0.3, -0.25) is 4.79 Å². The Kier molecular flexibility index (Phi) is 8.06. The molecule has 1 unspecified atom stereocenters. The molecule has 6 nitrogen and oxygen atoms in total. The number of hydrogen-bond acceptors (Lipinski definition) is 5. The molecular weight excluding hydrogens is 404 g/mol. The molecule has 2 aromatic rings. The first kappa shape index (κ1) is 23.5. The molecule has 0 aliphatic heterocycles. The lowest BCUT2D eigenvalue weighted by atomic mass is 9.98. The summed E-state index contributed by atoms with van der Waals surface area (Å²) in [6.45, 7) is 8.46. The Hall–Kier alpha value is -3.12. The molecule has 0 spiro atoms. The first-order valence-corrected chi connectivity index (χ1v) is 11.0. The molecule has 170 valence electrons. The molecule has 1 aliphatic rings. The molecule has 0 aromatic heterocycles. The fraction of sp³-hybridized carbons (Fsp3) is 0.385. The molecule has 1 amide bonds. The molecule has 3 rings (SSSR count). The highest BCUT2D eigenvalue weighted by Gasteiger charge is 2.29. The lowest BCUT2D eigenvalue weighted by Gasteiger charge is -2.22. The third kappa shape index (κ3) is 5.56. The van der Waals surface area contributed by atoms with Gasteiger partial charge in [-0.25, -0.2) is 4.79 Å². The van der Waals surface area contributed by atoms with Crippen LogP contribution in [0.3, 0.4) is 0 Å². The molecule has 32 heavy (non-hydrogen) atoms. The van der Waals surface area contributed by atoms with Gasteiger partial charge in [0.05, 0.1) is 13.2 Å². The van der Waals surface area contributed by atoms with Crippen molar-refractivity contribution < 1.29 is 19.1 Å². The maximum Gasteiger partial charge on any atom is 0.407 e. The van der Waals surface area contributed by atoms with Crippen molar-refractivity contribution in [3.63, 3.8) is 0 Å². The number of benzene rings is 2. The number of fused-ring (bicyclic) bond motifs is 3. The van der Waals surface area contributed by atoms with Crippen LogP contribution in [0.5, 0.6) is 0 Å². The van der Waals surface area contributed by atoms with Gasteiger partial charge in [-0.15, -0.1) is 6.58 Å². The van der Waals surface area contributed by atoms with Crippen molar-refractivity contribution in [3.8, 4) is 11.1 Å². The van der Waals surface area contributed by atoms with Crippen molar-refractivity contribution in [1.29, 1.82) is 0 Å². The van der Waals surface area contributed by atoms with E-state index in [0.29, 0.717) is 18.9 Å². The zero-order chi connectivity index (χ0) is 23.1. The molecule has 2 N–H and O–H groups in total. The van der Waals surface area contributed by atoms with Crippen LogP contribution in [0.4, 0.5) is 4.79 Å². The number of ether oxygens (including phenoxy) is 2. The van der Waals surface area contributed by atoms with Gasteiger partial charge < -0.3 is 20.1 Å². The van der Waals surface area contributed by atoms with Crippen molar-refractivity contribution in [3.05, 3.63) is 72.3 Å². The lowest BCUT2D eigenvalue weighted by molar-refractivity contribution is -0.143. The Morgan fingerprint density at radius 3 is 2.19 bits per heavy atom. The summed E-state index contributed by atoms with van der Waals surface area (Å²) >= 11 is 0. The van der Waals surface area contributed by atoms with E-state index in [1.165, 1.54) is 18.2 Å². The van der Waals surface area contributed by atoms with Crippen LogP contribution in [0.2, 0.25) is 0 Å². The molecule has 0 heterocycles. The highest BCUT2D eigenvalue weighted by molar-refractivity contribution is 5.79. The van der Waals surface area contributed by atoms with Gasteiger partial charge >= 0.3 is 12.1 Å². The van der Waals surface area contributed by atoms with Gasteiger partial charge in [0.2, 0.25) is 0 Å². The monoisotopic (exact) mass is 436 g/mol. The second-order valence-electron chi connectivity index (χ2n) is 8.43. The molecule has 2 aromatic carbocycles. The summed E-state index contributed by atoms with van der Waals surface area (Å²) in [6.07, 6.45) is 1.75. The largest absolute Gasteiger partial charge is 0.468 e. The van der Waals surface area contributed by atoms with E-state index >= 15 is 0 Å². The van der Waals surface area contributed by atoms with Gasteiger partial charge in [-0.2, -0.15) is 0 Å². The van der Waals surface area contributed by atoms with Crippen molar-refractivity contribution in [2.75, 3.05) is 20.3 Å². The highest BCUT2D eigenvalue weighted by Crippen LogP contribution is 2.44. The average molecular weight is 437 g/mol. The minimum atomic E-state index is -0.517. The number of amides is 1. The number of nitrogens with one attached hydrogen (secondary N) is 2. The minimum Gasteiger partial charge on any atom is -0.468 e. The smallest absolute Gasteiger partial charge is 0.407 e. The normalized spacial score (nSPS) is 14.2. The highest BCUT2D eigenvalue weighted by atomic mass is 16.5. The van der Waals surface area contributed by atoms with Crippen LogP contribution in [0.1, 0.15) is 37.3 Å². The molecule has 0 radical (unpaired) electrons. The predicted octanol–water partition coefficient (Wildman–Crippen LogP) is 4.26. The van der Waals surface area contributed by atoms with Gasteiger partial charge in [-0.1, -0.05) is 68.5 Å². The van der Waals surface area contributed by atoms with Gasteiger partial charge in [0.1, 0.15) is 12.6 Å². The van der Waals surface area contributed by atoms with Crippen LogP contribution in [0, 0.1) is 5.92 Å². The Bertz CT molecular complexity index is 911. The van der Waals surface area contributed by atoms with E-state index in [0.717, 1.165) is 11.1 Å². The number of hydrogen-bond donors (Lipinski definition) is 2. The average Bonchev–Trinajstić information content (AvgIpc) is 3.12. The first-order chi connectivity index (χ1) is 15.4. The minimum absolute atomic E-state index is 0.00297. The molecule has 2 atom stereocenters. The summed E-state index contributed by atoms with van der Waals surface area (Å²) in [6, 6.07) is 15.6. The summed E-state index contributed by atoms with van der Waals surface area (Å²) < 4.78 is 10.5. The van der Waals surface area contributed by atoms with Gasteiger partial charge in [0.15, 0.2) is 0 Å². The number of rotatable bonds is 10. The van der Waals surface area contributed by atoms with E-state index in [-0.39, 0.29) is 24.5 Å². The first-order valence-electron chi connectivity index (χ1n) is 11.0. The van der Waals surface area contributed by atoms with E-state index in [4.69, 9.17) is 9.47 Å². The van der Waals surface area contributed by atoms with Crippen molar-refractivity contribution in [2.24, 2.45) is 5.92 Å². The Balaban J connectivity index is 1.57. The van der Waals surface area contributed by atoms with Crippen molar-refractivity contribution in [2.45, 2.75) is 38.3 Å². The number of carbonyl (C=O) groups excluding carboxylic acids is 2. The van der Waals surface area contributed by atoms with Crippen LogP contribution in [0.15, 0.2) is 61.2 Å². The molecule has 0 saturated carbocycles. The third-order valence-electron chi connectivity index (χ3n) is 5.71. The standard InChI is InChI=1S/C26H32N2O4/c1-5-18(15-27-24(14-17(2)3)25(29)31-4)28-26(30)32-16-23-21-12-8-6-10-19(21)20-11-7-9-13-22(20)23/h5-13,17-18,23-24,27H,1,14-16H2,2-4H3,(H,28,30)/t18-,24?/m1/s1. The van der Waals surface area contributed by atoms with Crippen LogP contribution in [0.25, 0.3) is 11.1 Å². The van der Waals surface area contributed by atoms with E-state index in [1.54, 1.807) is 6.08 Å². The van der Waals surface area contributed by atoms with Gasteiger partial charge in [0, 0.05) is 12.5 Å². The van der Waals surface area contributed by atoms with E-state index in [9.17, 15) is 9.59 Å². The van der Waals surface area contributed by atoms with Crippen LogP contribution < -0.4 is 10.6 Å². The summed E-state index contributed by atoms with van der Waals surface area (Å²) in [5.74, 6) is 0.00901. The maximum absolute atomic E-state index is 12.5. The van der Waals surface area contributed by atoms with Crippen molar-refractivity contribution in [1.82, 2.24) is 10.6 Å². The molecule has 0 saturated heterocycles. The second kappa shape index (κ2) is 11.0. The quantitative estimate of drug-likeness (QED) is 0.430. The molecular formula is C26H32N2O4. The predicted molar refractivity (Wildman–Crippen MR) is 125 cm³/mol. The molecule has 0 bridgehead atoms. The summed E-state index contributed by atoms with van der Waals surface area (Å²) in [5, 5.41) is 5.98. The Morgan fingerprint density at radius 1 is 1.06 bits per heavy atom. The molecule has 1 aliphatic carbocycles.